The van der Waals surface area contributed by atoms with Crippen LogP contribution in [0.4, 0.5) is 0 Å². The van der Waals surface area contributed by atoms with E-state index in [0.29, 0.717) is 23.1 Å². The van der Waals surface area contributed by atoms with E-state index in [9.17, 15) is 8.42 Å². The molecule has 1 heterocycles. The Balaban J connectivity index is 1.85. The Labute approximate surface area is 166 Å². The molecule has 0 aromatic heterocycles. The molecule has 1 atom stereocenters. The smallest absolute Gasteiger partial charge is 0.240 e. The van der Waals surface area contributed by atoms with Crippen molar-refractivity contribution >= 4 is 21.6 Å². The maximum atomic E-state index is 12.9. The summed E-state index contributed by atoms with van der Waals surface area (Å²) >= 11 is 6.41. The van der Waals surface area contributed by atoms with Gasteiger partial charge in [-0.05, 0) is 37.1 Å². The second kappa shape index (κ2) is 8.71. The van der Waals surface area contributed by atoms with Crippen LogP contribution < -0.4 is 4.72 Å². The molecule has 1 fully saturated rings. The molecule has 0 amide bonds. The number of hydrogen-bond donors (Lipinski definition) is 1. The molecule has 7 heteroatoms. The van der Waals surface area contributed by atoms with E-state index in [4.69, 9.17) is 16.3 Å². The Morgan fingerprint density at radius 1 is 1.15 bits per heavy atom. The average Bonchev–Trinajstić information content (AvgIpc) is 2.64. The Hall–Kier alpha value is -1.44. The monoisotopic (exact) mass is 408 g/mol. The quantitative estimate of drug-likeness (QED) is 0.796. The third-order valence-electron chi connectivity index (χ3n) is 4.84. The minimum atomic E-state index is -3.61. The highest BCUT2D eigenvalue weighted by Gasteiger charge is 2.27. The lowest BCUT2D eigenvalue weighted by Gasteiger charge is -2.35. The van der Waals surface area contributed by atoms with Crippen LogP contribution in [0.25, 0.3) is 0 Å². The first-order valence-corrected chi connectivity index (χ1v) is 10.9. The molecule has 5 nitrogen and oxygen atoms in total. The number of morpholine rings is 1. The highest BCUT2D eigenvalue weighted by Crippen LogP contribution is 2.28. The topological polar surface area (TPSA) is 58.6 Å². The predicted molar refractivity (Wildman–Crippen MR) is 108 cm³/mol. The van der Waals surface area contributed by atoms with Gasteiger partial charge in [0, 0.05) is 30.7 Å². The molecule has 146 valence electrons. The maximum Gasteiger partial charge on any atom is 0.240 e. The van der Waals surface area contributed by atoms with E-state index in [0.717, 1.165) is 29.8 Å². The van der Waals surface area contributed by atoms with Gasteiger partial charge in [-0.1, -0.05) is 47.5 Å². The lowest BCUT2D eigenvalue weighted by molar-refractivity contribution is 0.0172. The summed E-state index contributed by atoms with van der Waals surface area (Å²) in [5.74, 6) is 0. The molecule has 2 aromatic carbocycles. The van der Waals surface area contributed by atoms with E-state index in [1.54, 1.807) is 6.07 Å². The summed E-state index contributed by atoms with van der Waals surface area (Å²) in [6.07, 6.45) is 0. The zero-order valence-corrected chi connectivity index (χ0v) is 17.2. The lowest BCUT2D eigenvalue weighted by atomic mass is 10.0. The van der Waals surface area contributed by atoms with Gasteiger partial charge in [0.25, 0.3) is 0 Å². The zero-order valence-electron chi connectivity index (χ0n) is 15.6. The van der Waals surface area contributed by atoms with Crippen molar-refractivity contribution in [1.29, 1.82) is 0 Å². The van der Waals surface area contributed by atoms with Crippen LogP contribution in [-0.2, 0) is 14.8 Å². The number of rotatable bonds is 6. The molecular weight excluding hydrogens is 384 g/mol. The molecule has 2 aromatic rings. The van der Waals surface area contributed by atoms with Crippen LogP contribution in [0.2, 0.25) is 5.02 Å². The van der Waals surface area contributed by atoms with Crippen molar-refractivity contribution in [1.82, 2.24) is 9.62 Å². The number of halogens is 1. The van der Waals surface area contributed by atoms with Crippen LogP contribution >= 0.6 is 11.6 Å². The number of ether oxygens (including phenoxy) is 1. The van der Waals surface area contributed by atoms with E-state index in [1.165, 1.54) is 0 Å². The van der Waals surface area contributed by atoms with E-state index >= 15 is 0 Å². The van der Waals surface area contributed by atoms with E-state index in [2.05, 4.69) is 9.62 Å². The second-order valence-corrected chi connectivity index (χ2v) is 8.95. The predicted octanol–water partition coefficient (Wildman–Crippen LogP) is 3.31. The van der Waals surface area contributed by atoms with Gasteiger partial charge in [-0.3, -0.25) is 4.90 Å². The summed E-state index contributed by atoms with van der Waals surface area (Å²) in [6, 6.07) is 12.8. The number of aryl methyl sites for hydroxylation is 2. The number of nitrogens with zero attached hydrogens (tertiary/aromatic N) is 1. The number of nitrogens with one attached hydrogen (secondary N) is 1. The molecule has 1 aliphatic heterocycles. The first-order chi connectivity index (χ1) is 12.9. The Bertz CT molecular complexity index is 896. The van der Waals surface area contributed by atoms with Crippen molar-refractivity contribution in [3.63, 3.8) is 0 Å². The summed E-state index contributed by atoms with van der Waals surface area (Å²) in [5.41, 5.74) is 2.70. The van der Waals surface area contributed by atoms with Gasteiger partial charge in [-0.25, -0.2) is 13.1 Å². The standard InChI is InChI=1S/C20H25ClN2O3S/c1-15-7-8-20(16(2)13-15)27(24,25)22-14-19(23-9-11-26-12-10-23)17-5-3-4-6-18(17)21/h3-8,13,19,22H,9-12,14H2,1-2H3. The van der Waals surface area contributed by atoms with Crippen LogP contribution in [0.1, 0.15) is 22.7 Å². The molecular formula is C20H25ClN2O3S. The van der Waals surface area contributed by atoms with Crippen molar-refractivity contribution in [3.8, 4) is 0 Å². The maximum absolute atomic E-state index is 12.9. The molecule has 0 saturated carbocycles. The van der Waals surface area contributed by atoms with Crippen LogP contribution in [0.15, 0.2) is 47.4 Å². The first-order valence-electron chi connectivity index (χ1n) is 9.01. The van der Waals surface area contributed by atoms with Gasteiger partial charge in [0.1, 0.15) is 0 Å². The summed E-state index contributed by atoms with van der Waals surface area (Å²) in [7, 11) is -3.61. The SMILES string of the molecule is Cc1ccc(S(=O)(=O)NCC(c2ccccc2Cl)N2CCOCC2)c(C)c1. The van der Waals surface area contributed by atoms with Crippen molar-refractivity contribution in [2.45, 2.75) is 24.8 Å². The molecule has 1 aliphatic rings. The fourth-order valence-corrected chi connectivity index (χ4v) is 4.96. The number of hydrogen-bond acceptors (Lipinski definition) is 4. The molecule has 0 aliphatic carbocycles. The third-order valence-corrected chi connectivity index (χ3v) is 6.77. The Morgan fingerprint density at radius 3 is 2.52 bits per heavy atom. The van der Waals surface area contributed by atoms with Crippen LogP contribution in [0, 0.1) is 13.8 Å². The molecule has 0 spiro atoms. The van der Waals surface area contributed by atoms with E-state index < -0.39 is 10.0 Å². The van der Waals surface area contributed by atoms with E-state index in [1.807, 2.05) is 50.2 Å². The molecule has 1 unspecified atom stereocenters. The minimum Gasteiger partial charge on any atom is -0.379 e. The van der Waals surface area contributed by atoms with Crippen LogP contribution in [0.5, 0.6) is 0 Å². The van der Waals surface area contributed by atoms with Crippen LogP contribution in [0.3, 0.4) is 0 Å². The van der Waals surface area contributed by atoms with Gasteiger partial charge in [-0.15, -0.1) is 0 Å². The normalized spacial score (nSPS) is 17.0. The molecule has 0 bridgehead atoms. The van der Waals surface area contributed by atoms with Gasteiger partial charge in [0.05, 0.1) is 18.1 Å². The fourth-order valence-electron chi connectivity index (χ4n) is 3.44. The van der Waals surface area contributed by atoms with Gasteiger partial charge in [-0.2, -0.15) is 0 Å². The van der Waals surface area contributed by atoms with Gasteiger partial charge < -0.3 is 4.74 Å². The third kappa shape index (κ3) is 4.89. The number of benzene rings is 2. The van der Waals surface area contributed by atoms with Crippen molar-refractivity contribution in [2.75, 3.05) is 32.8 Å². The van der Waals surface area contributed by atoms with Gasteiger partial charge in [0.15, 0.2) is 0 Å². The lowest BCUT2D eigenvalue weighted by Crippen LogP contribution is -2.44. The van der Waals surface area contributed by atoms with Crippen molar-refractivity contribution < 1.29 is 13.2 Å². The van der Waals surface area contributed by atoms with Gasteiger partial charge >= 0.3 is 0 Å². The zero-order chi connectivity index (χ0) is 19.4. The van der Waals surface area contributed by atoms with Crippen molar-refractivity contribution in [3.05, 3.63) is 64.2 Å². The summed E-state index contributed by atoms with van der Waals surface area (Å²) in [6.45, 7) is 6.75. The largest absolute Gasteiger partial charge is 0.379 e. The Kier molecular flexibility index (Phi) is 6.55. The fraction of sp³-hybridized carbons (Fsp3) is 0.400. The Morgan fingerprint density at radius 2 is 1.85 bits per heavy atom. The first kappa shape index (κ1) is 20.3. The molecule has 0 radical (unpaired) electrons. The average molecular weight is 409 g/mol. The molecule has 3 rings (SSSR count). The van der Waals surface area contributed by atoms with E-state index in [-0.39, 0.29) is 12.6 Å². The summed E-state index contributed by atoms with van der Waals surface area (Å²) in [5, 5.41) is 0.639. The van der Waals surface area contributed by atoms with Crippen LogP contribution in [-0.4, -0.2) is 46.2 Å². The second-order valence-electron chi connectivity index (χ2n) is 6.81. The summed E-state index contributed by atoms with van der Waals surface area (Å²) in [4.78, 5) is 2.53. The number of sulfonamides is 1. The minimum absolute atomic E-state index is 0.150. The van der Waals surface area contributed by atoms with Crippen molar-refractivity contribution in [2.24, 2.45) is 0 Å². The molecule has 1 saturated heterocycles. The highest BCUT2D eigenvalue weighted by molar-refractivity contribution is 7.89. The summed E-state index contributed by atoms with van der Waals surface area (Å²) < 4.78 is 34.0. The molecule has 27 heavy (non-hydrogen) atoms. The highest BCUT2D eigenvalue weighted by atomic mass is 35.5. The van der Waals surface area contributed by atoms with Gasteiger partial charge in [0.2, 0.25) is 10.0 Å². The molecule has 1 N–H and O–H groups in total.